The minimum Gasteiger partial charge on any atom is -0.449 e. The van der Waals surface area contributed by atoms with Crippen LogP contribution in [0, 0.1) is 5.92 Å². The molecule has 7 heteroatoms. The van der Waals surface area contributed by atoms with Crippen molar-refractivity contribution in [1.29, 1.82) is 0 Å². The molecule has 0 aliphatic carbocycles. The number of amides is 1. The number of rotatable bonds is 7. The number of fused-ring (bicyclic) bond motifs is 3. The van der Waals surface area contributed by atoms with E-state index in [4.69, 9.17) is 9.47 Å². The number of carbonyl (C=O) groups is 2. The van der Waals surface area contributed by atoms with E-state index in [-0.39, 0.29) is 18.7 Å². The highest BCUT2D eigenvalue weighted by Gasteiger charge is 2.23. The van der Waals surface area contributed by atoms with Gasteiger partial charge in [-0.15, -0.1) is 0 Å². The van der Waals surface area contributed by atoms with Gasteiger partial charge in [-0.25, -0.2) is 14.2 Å². The van der Waals surface area contributed by atoms with E-state index in [1.807, 2.05) is 85.8 Å². The number of nitrogens with one attached hydrogen (secondary N) is 1. The molecular formula is C30H33N3O4. The van der Waals surface area contributed by atoms with Gasteiger partial charge in [-0.05, 0) is 56.5 Å². The summed E-state index contributed by atoms with van der Waals surface area (Å²) in [5, 5.41) is 5.02. The van der Waals surface area contributed by atoms with Crippen molar-refractivity contribution in [3.05, 3.63) is 84.4 Å². The number of para-hydroxylation sites is 2. The molecule has 1 aliphatic heterocycles. The van der Waals surface area contributed by atoms with Gasteiger partial charge in [0.1, 0.15) is 6.61 Å². The van der Waals surface area contributed by atoms with Crippen LogP contribution < -0.4 is 5.32 Å². The second kappa shape index (κ2) is 11.5. The Labute approximate surface area is 217 Å². The number of piperidine rings is 1. The SMILES string of the molecule is C[C@@H](CN1CCC(COC(=O)n2c3ccccc3c3ccccc32)CC1)NC(=O)OCc1ccccc1. The highest BCUT2D eigenvalue weighted by Crippen LogP contribution is 2.29. The van der Waals surface area contributed by atoms with E-state index in [1.165, 1.54) is 0 Å². The lowest BCUT2D eigenvalue weighted by atomic mass is 9.97. The summed E-state index contributed by atoms with van der Waals surface area (Å²) in [6, 6.07) is 25.5. The Morgan fingerprint density at radius 2 is 1.46 bits per heavy atom. The van der Waals surface area contributed by atoms with Crippen LogP contribution in [0.4, 0.5) is 9.59 Å². The lowest BCUT2D eigenvalue weighted by molar-refractivity contribution is 0.0942. The average molecular weight is 500 g/mol. The van der Waals surface area contributed by atoms with Gasteiger partial charge in [0.2, 0.25) is 0 Å². The fourth-order valence-corrected chi connectivity index (χ4v) is 5.11. The monoisotopic (exact) mass is 499 g/mol. The van der Waals surface area contributed by atoms with E-state index in [1.54, 1.807) is 4.57 Å². The Hall–Kier alpha value is -3.84. The summed E-state index contributed by atoms with van der Waals surface area (Å²) >= 11 is 0. The van der Waals surface area contributed by atoms with Gasteiger partial charge in [-0.2, -0.15) is 0 Å². The molecule has 1 fully saturated rings. The van der Waals surface area contributed by atoms with Crippen LogP contribution in [0.2, 0.25) is 0 Å². The third-order valence-electron chi connectivity index (χ3n) is 7.02. The first-order valence-electron chi connectivity index (χ1n) is 12.9. The van der Waals surface area contributed by atoms with Crippen LogP contribution in [0.25, 0.3) is 21.8 Å². The summed E-state index contributed by atoms with van der Waals surface area (Å²) < 4.78 is 12.8. The highest BCUT2D eigenvalue weighted by atomic mass is 16.6. The van der Waals surface area contributed by atoms with Gasteiger partial charge in [0.05, 0.1) is 17.6 Å². The van der Waals surface area contributed by atoms with Gasteiger partial charge in [0, 0.05) is 23.4 Å². The first-order valence-corrected chi connectivity index (χ1v) is 12.9. The lowest BCUT2D eigenvalue weighted by Crippen LogP contribution is -2.45. The molecule has 7 nitrogen and oxygen atoms in total. The first kappa shape index (κ1) is 24.8. The molecule has 37 heavy (non-hydrogen) atoms. The van der Waals surface area contributed by atoms with E-state index < -0.39 is 6.09 Å². The molecule has 5 rings (SSSR count). The van der Waals surface area contributed by atoms with E-state index in [9.17, 15) is 9.59 Å². The summed E-state index contributed by atoms with van der Waals surface area (Å²) in [5.74, 6) is 0.326. The minimum atomic E-state index is -0.400. The van der Waals surface area contributed by atoms with Gasteiger partial charge in [0.25, 0.3) is 0 Å². The van der Waals surface area contributed by atoms with E-state index >= 15 is 0 Å². The van der Waals surface area contributed by atoms with Crippen molar-refractivity contribution in [2.24, 2.45) is 5.92 Å². The molecule has 1 amide bonds. The molecule has 1 aliphatic rings. The van der Waals surface area contributed by atoms with Gasteiger partial charge < -0.3 is 19.7 Å². The Bertz CT molecular complexity index is 1310. The fourth-order valence-electron chi connectivity index (χ4n) is 5.11. The highest BCUT2D eigenvalue weighted by molar-refractivity contribution is 6.12. The van der Waals surface area contributed by atoms with Crippen LogP contribution in [0.1, 0.15) is 25.3 Å². The lowest BCUT2D eigenvalue weighted by Gasteiger charge is -2.33. The maximum atomic E-state index is 13.1. The number of alkyl carbamates (subject to hydrolysis) is 1. The number of benzene rings is 3. The first-order chi connectivity index (χ1) is 18.1. The van der Waals surface area contributed by atoms with Gasteiger partial charge in [-0.3, -0.25) is 0 Å². The Balaban J connectivity index is 1.07. The standard InChI is InChI=1S/C30H33N3O4/c1-22(31-29(34)36-20-23-9-3-2-4-10-23)19-32-17-15-24(16-18-32)21-37-30(35)33-27-13-7-5-11-25(27)26-12-6-8-14-28(26)33/h2-14,22,24H,15-21H2,1H3,(H,31,34)/t22-/m0/s1. The molecule has 2 heterocycles. The van der Waals surface area contributed by atoms with Gasteiger partial charge in [-0.1, -0.05) is 66.7 Å². The van der Waals surface area contributed by atoms with Crippen LogP contribution in [0.15, 0.2) is 78.9 Å². The minimum absolute atomic E-state index is 0.0204. The topological polar surface area (TPSA) is 72.8 Å². The van der Waals surface area contributed by atoms with Crippen LogP contribution in [-0.4, -0.2) is 53.9 Å². The molecule has 0 bridgehead atoms. The van der Waals surface area contributed by atoms with Gasteiger partial charge in [0.15, 0.2) is 0 Å². The van der Waals surface area contributed by atoms with Crippen LogP contribution in [-0.2, 0) is 16.1 Å². The number of hydrogen-bond acceptors (Lipinski definition) is 5. The number of aromatic nitrogens is 1. The second-order valence-electron chi connectivity index (χ2n) is 9.80. The zero-order chi connectivity index (χ0) is 25.6. The molecule has 1 atom stereocenters. The molecule has 0 unspecified atom stereocenters. The second-order valence-corrected chi connectivity index (χ2v) is 9.80. The number of ether oxygens (including phenoxy) is 2. The maximum Gasteiger partial charge on any atom is 0.418 e. The molecule has 0 spiro atoms. The predicted molar refractivity (Wildman–Crippen MR) is 145 cm³/mol. The normalized spacial score (nSPS) is 15.5. The molecule has 1 saturated heterocycles. The zero-order valence-corrected chi connectivity index (χ0v) is 21.1. The molecule has 3 aromatic carbocycles. The van der Waals surface area contributed by atoms with Crippen molar-refractivity contribution >= 4 is 34.0 Å². The average Bonchev–Trinajstić information content (AvgIpc) is 3.26. The predicted octanol–water partition coefficient (Wildman–Crippen LogP) is 5.81. The summed E-state index contributed by atoms with van der Waals surface area (Å²) in [6.45, 7) is 5.23. The third-order valence-corrected chi connectivity index (χ3v) is 7.02. The van der Waals surface area contributed by atoms with E-state index in [0.29, 0.717) is 12.5 Å². The Morgan fingerprint density at radius 3 is 2.11 bits per heavy atom. The van der Waals surface area contributed by atoms with Crippen molar-refractivity contribution in [2.45, 2.75) is 32.4 Å². The molecule has 0 saturated carbocycles. The smallest absolute Gasteiger partial charge is 0.418 e. The number of hydrogen-bond donors (Lipinski definition) is 1. The van der Waals surface area contributed by atoms with Crippen molar-refractivity contribution in [1.82, 2.24) is 14.8 Å². The maximum absolute atomic E-state index is 13.1. The Morgan fingerprint density at radius 1 is 0.865 bits per heavy atom. The van der Waals surface area contributed by atoms with Gasteiger partial charge >= 0.3 is 12.2 Å². The van der Waals surface area contributed by atoms with E-state index in [0.717, 1.165) is 59.8 Å². The molecular weight excluding hydrogens is 466 g/mol. The number of likely N-dealkylation sites (tertiary alicyclic amines) is 1. The summed E-state index contributed by atoms with van der Waals surface area (Å²) in [6.07, 6.45) is 1.17. The van der Waals surface area contributed by atoms with Crippen LogP contribution >= 0.6 is 0 Å². The quantitative estimate of drug-likeness (QED) is 0.348. The summed E-state index contributed by atoms with van der Waals surface area (Å²) in [5.41, 5.74) is 2.70. The largest absolute Gasteiger partial charge is 0.449 e. The van der Waals surface area contributed by atoms with E-state index in [2.05, 4.69) is 10.2 Å². The number of carbonyl (C=O) groups excluding carboxylic acids is 2. The van der Waals surface area contributed by atoms with Crippen molar-refractivity contribution in [3.8, 4) is 0 Å². The zero-order valence-electron chi connectivity index (χ0n) is 21.1. The molecule has 0 radical (unpaired) electrons. The molecule has 192 valence electrons. The number of nitrogens with zero attached hydrogens (tertiary/aromatic N) is 2. The molecule has 1 N–H and O–H groups in total. The summed E-state index contributed by atoms with van der Waals surface area (Å²) in [7, 11) is 0. The molecule has 4 aromatic rings. The van der Waals surface area contributed by atoms with Crippen molar-refractivity contribution in [3.63, 3.8) is 0 Å². The third kappa shape index (κ3) is 5.94. The van der Waals surface area contributed by atoms with Crippen LogP contribution in [0.5, 0.6) is 0 Å². The summed E-state index contributed by atoms with van der Waals surface area (Å²) in [4.78, 5) is 27.6. The molecule has 1 aromatic heterocycles. The van der Waals surface area contributed by atoms with Crippen molar-refractivity contribution in [2.75, 3.05) is 26.2 Å². The Kier molecular flexibility index (Phi) is 7.70. The fraction of sp³-hybridized carbons (Fsp3) is 0.333. The van der Waals surface area contributed by atoms with Crippen molar-refractivity contribution < 1.29 is 19.1 Å². The van der Waals surface area contributed by atoms with Crippen LogP contribution in [0.3, 0.4) is 0 Å².